The number of aromatic nitrogens is 2. The molecule has 0 saturated heterocycles. The molecular formula is C27H27N3O2. The Balaban J connectivity index is 1.66. The minimum atomic E-state index is -0.0842. The molecule has 1 N–H and O–H groups in total. The quantitative estimate of drug-likeness (QED) is 0.446. The number of nitrogens with zero attached hydrogens (tertiary/aromatic N) is 2. The van der Waals surface area contributed by atoms with Gasteiger partial charge in [-0.1, -0.05) is 23.8 Å². The zero-order valence-electron chi connectivity index (χ0n) is 18.6. The number of hydrogen-bond acceptors (Lipinski definition) is 3. The second-order valence-electron chi connectivity index (χ2n) is 7.76. The van der Waals surface area contributed by atoms with Gasteiger partial charge in [0.05, 0.1) is 18.4 Å². The number of methoxy groups -OCH3 is 1. The predicted octanol–water partition coefficient (Wildman–Crippen LogP) is 5.14. The van der Waals surface area contributed by atoms with Crippen LogP contribution in [-0.2, 0) is 6.42 Å². The third-order valence-corrected chi connectivity index (χ3v) is 5.56. The van der Waals surface area contributed by atoms with Crippen molar-refractivity contribution in [1.82, 2.24) is 14.9 Å². The zero-order valence-corrected chi connectivity index (χ0v) is 18.6. The van der Waals surface area contributed by atoms with Crippen LogP contribution in [0.5, 0.6) is 5.75 Å². The van der Waals surface area contributed by atoms with E-state index in [1.807, 2.05) is 55.5 Å². The van der Waals surface area contributed by atoms with E-state index in [-0.39, 0.29) is 5.91 Å². The van der Waals surface area contributed by atoms with Crippen LogP contribution in [0.2, 0.25) is 0 Å². The maximum absolute atomic E-state index is 13.1. The number of rotatable bonds is 7. The second-order valence-corrected chi connectivity index (χ2v) is 7.76. The van der Waals surface area contributed by atoms with Crippen LogP contribution >= 0.6 is 0 Å². The average molecular weight is 426 g/mol. The van der Waals surface area contributed by atoms with Gasteiger partial charge in [0.1, 0.15) is 5.75 Å². The van der Waals surface area contributed by atoms with Gasteiger partial charge in [-0.25, -0.2) is 0 Å². The van der Waals surface area contributed by atoms with Crippen LogP contribution in [0, 0.1) is 13.8 Å². The van der Waals surface area contributed by atoms with Crippen molar-refractivity contribution in [3.8, 4) is 22.7 Å². The van der Waals surface area contributed by atoms with E-state index in [1.165, 1.54) is 5.56 Å². The molecule has 0 saturated carbocycles. The van der Waals surface area contributed by atoms with Crippen molar-refractivity contribution < 1.29 is 9.53 Å². The van der Waals surface area contributed by atoms with Gasteiger partial charge in [-0.15, -0.1) is 0 Å². The monoisotopic (exact) mass is 425 g/mol. The first-order chi connectivity index (χ1) is 15.6. The Kier molecular flexibility index (Phi) is 6.36. The molecule has 0 fully saturated rings. The Morgan fingerprint density at radius 3 is 2.41 bits per heavy atom. The van der Waals surface area contributed by atoms with Crippen LogP contribution in [0.3, 0.4) is 0 Å². The lowest BCUT2D eigenvalue weighted by Crippen LogP contribution is -2.26. The summed E-state index contributed by atoms with van der Waals surface area (Å²) in [6.07, 6.45) is 2.46. The molecule has 4 rings (SSSR count). The Bertz CT molecular complexity index is 1190. The molecule has 162 valence electrons. The van der Waals surface area contributed by atoms with Gasteiger partial charge in [0.15, 0.2) is 0 Å². The maximum atomic E-state index is 13.1. The highest BCUT2D eigenvalue weighted by Crippen LogP contribution is 2.31. The molecule has 1 amide bonds. The number of pyridine rings is 1. The molecule has 2 heterocycles. The second kappa shape index (κ2) is 9.52. The van der Waals surface area contributed by atoms with E-state index in [1.54, 1.807) is 13.3 Å². The first-order valence-electron chi connectivity index (χ1n) is 10.7. The zero-order chi connectivity index (χ0) is 22.5. The van der Waals surface area contributed by atoms with Crippen molar-refractivity contribution in [2.24, 2.45) is 0 Å². The third kappa shape index (κ3) is 4.57. The average Bonchev–Trinajstić information content (AvgIpc) is 3.17. The lowest BCUT2D eigenvalue weighted by atomic mass is 10.1. The van der Waals surface area contributed by atoms with Gasteiger partial charge in [0.2, 0.25) is 0 Å². The lowest BCUT2D eigenvalue weighted by molar-refractivity contribution is 0.0953. The van der Waals surface area contributed by atoms with Gasteiger partial charge in [-0.05, 0) is 74.0 Å². The molecule has 4 aromatic rings. The minimum absolute atomic E-state index is 0.0842. The highest BCUT2D eigenvalue weighted by atomic mass is 16.5. The highest BCUT2D eigenvalue weighted by molar-refractivity contribution is 5.97. The summed E-state index contributed by atoms with van der Waals surface area (Å²) < 4.78 is 7.44. The SMILES string of the molecule is COc1ccc(-c2cc(C(=O)NCCc3ccccn3)c(C)n2-c2ccc(C)cc2)cc1. The molecule has 0 aliphatic rings. The van der Waals surface area contributed by atoms with Gasteiger partial charge < -0.3 is 14.6 Å². The highest BCUT2D eigenvalue weighted by Gasteiger charge is 2.19. The summed E-state index contributed by atoms with van der Waals surface area (Å²) in [4.78, 5) is 17.4. The van der Waals surface area contributed by atoms with Gasteiger partial charge in [-0.2, -0.15) is 0 Å². The van der Waals surface area contributed by atoms with Crippen molar-refractivity contribution in [2.45, 2.75) is 20.3 Å². The van der Waals surface area contributed by atoms with Crippen LogP contribution in [0.1, 0.15) is 27.3 Å². The summed E-state index contributed by atoms with van der Waals surface area (Å²) in [6.45, 7) is 4.58. The smallest absolute Gasteiger partial charge is 0.253 e. The number of benzene rings is 2. The number of hydrogen-bond donors (Lipinski definition) is 1. The van der Waals surface area contributed by atoms with E-state index in [2.05, 4.69) is 46.1 Å². The normalized spacial score (nSPS) is 10.7. The van der Waals surface area contributed by atoms with E-state index < -0.39 is 0 Å². The van der Waals surface area contributed by atoms with Crippen molar-refractivity contribution >= 4 is 5.91 Å². The molecule has 0 atom stereocenters. The molecule has 5 heteroatoms. The lowest BCUT2D eigenvalue weighted by Gasteiger charge is -2.13. The van der Waals surface area contributed by atoms with Crippen molar-refractivity contribution in [3.63, 3.8) is 0 Å². The molecule has 0 bridgehead atoms. The van der Waals surface area contributed by atoms with E-state index in [9.17, 15) is 4.79 Å². The van der Waals surface area contributed by atoms with Crippen molar-refractivity contribution in [3.05, 3.63) is 102 Å². The fourth-order valence-corrected chi connectivity index (χ4v) is 3.78. The van der Waals surface area contributed by atoms with Crippen LogP contribution in [0.4, 0.5) is 0 Å². The van der Waals surface area contributed by atoms with Crippen molar-refractivity contribution in [1.29, 1.82) is 0 Å². The fourth-order valence-electron chi connectivity index (χ4n) is 3.78. The van der Waals surface area contributed by atoms with Crippen molar-refractivity contribution in [2.75, 3.05) is 13.7 Å². The van der Waals surface area contributed by atoms with Gasteiger partial charge in [0.25, 0.3) is 5.91 Å². The Morgan fingerprint density at radius 1 is 1.00 bits per heavy atom. The summed E-state index contributed by atoms with van der Waals surface area (Å²) in [5, 5.41) is 3.05. The molecule has 0 spiro atoms. The summed E-state index contributed by atoms with van der Waals surface area (Å²) in [5.41, 5.74) is 6.71. The largest absolute Gasteiger partial charge is 0.497 e. The molecule has 0 radical (unpaired) electrons. The van der Waals surface area contributed by atoms with E-state index in [0.29, 0.717) is 18.5 Å². The summed E-state index contributed by atoms with van der Waals surface area (Å²) in [5.74, 6) is 0.713. The Labute approximate surface area is 188 Å². The van der Waals surface area contributed by atoms with Gasteiger partial charge >= 0.3 is 0 Å². The van der Waals surface area contributed by atoms with Crippen LogP contribution in [-0.4, -0.2) is 29.1 Å². The van der Waals surface area contributed by atoms with E-state index in [0.717, 1.165) is 34.1 Å². The minimum Gasteiger partial charge on any atom is -0.497 e. The predicted molar refractivity (Wildman–Crippen MR) is 128 cm³/mol. The van der Waals surface area contributed by atoms with E-state index in [4.69, 9.17) is 4.74 Å². The van der Waals surface area contributed by atoms with Crippen LogP contribution < -0.4 is 10.1 Å². The third-order valence-electron chi connectivity index (χ3n) is 5.56. The molecular weight excluding hydrogens is 398 g/mol. The Morgan fingerprint density at radius 2 is 1.75 bits per heavy atom. The number of ether oxygens (including phenoxy) is 1. The molecule has 0 aliphatic heterocycles. The van der Waals surface area contributed by atoms with Crippen LogP contribution in [0.25, 0.3) is 16.9 Å². The molecule has 2 aromatic carbocycles. The fraction of sp³-hybridized carbons (Fsp3) is 0.185. The first kappa shape index (κ1) is 21.4. The molecule has 0 unspecified atom stereocenters. The summed E-state index contributed by atoms with van der Waals surface area (Å²) in [7, 11) is 1.65. The van der Waals surface area contributed by atoms with Crippen LogP contribution in [0.15, 0.2) is 79.0 Å². The number of carbonyl (C=O) groups excluding carboxylic acids is 1. The Hall–Kier alpha value is -3.86. The standard InChI is InChI=1S/C27H27N3O2/c1-19-7-11-23(12-8-19)30-20(2)25(18-26(30)21-9-13-24(32-3)14-10-21)27(31)29-17-15-22-6-4-5-16-28-22/h4-14,16,18H,15,17H2,1-3H3,(H,29,31). The molecule has 0 aliphatic carbocycles. The van der Waals surface area contributed by atoms with Gasteiger partial charge in [-0.3, -0.25) is 9.78 Å². The molecule has 5 nitrogen and oxygen atoms in total. The number of carbonyl (C=O) groups is 1. The number of nitrogens with one attached hydrogen (secondary N) is 1. The molecule has 32 heavy (non-hydrogen) atoms. The summed E-state index contributed by atoms with van der Waals surface area (Å²) in [6, 6.07) is 24.0. The number of aryl methyl sites for hydroxylation is 1. The first-order valence-corrected chi connectivity index (χ1v) is 10.7. The van der Waals surface area contributed by atoms with Gasteiger partial charge in [0, 0.05) is 36.2 Å². The summed E-state index contributed by atoms with van der Waals surface area (Å²) >= 11 is 0. The molecule has 2 aromatic heterocycles. The number of amides is 1. The topological polar surface area (TPSA) is 56.1 Å². The maximum Gasteiger partial charge on any atom is 0.253 e. The van der Waals surface area contributed by atoms with E-state index >= 15 is 0 Å².